The molecule has 0 saturated carbocycles. The molecule has 1 aliphatic heterocycles. The van der Waals surface area contributed by atoms with Crippen LogP contribution in [0.4, 0.5) is 5.69 Å². The fraction of sp³-hybridized carbons (Fsp3) is 0.250. The van der Waals surface area contributed by atoms with Crippen molar-refractivity contribution < 1.29 is 9.47 Å². The molecule has 3 rings (SSSR count). The number of fused-ring (bicyclic) bond motifs is 1. The molecule has 1 unspecified atom stereocenters. The Labute approximate surface area is 137 Å². The van der Waals surface area contributed by atoms with Crippen LogP contribution >= 0.6 is 27.5 Å². The summed E-state index contributed by atoms with van der Waals surface area (Å²) in [5.41, 5.74) is 3.31. The van der Waals surface area contributed by atoms with Gasteiger partial charge < -0.3 is 14.8 Å². The summed E-state index contributed by atoms with van der Waals surface area (Å²) in [7, 11) is 1.64. The molecule has 0 spiro atoms. The van der Waals surface area contributed by atoms with Crippen LogP contribution in [0.1, 0.15) is 17.2 Å². The fourth-order valence-corrected chi connectivity index (χ4v) is 3.54. The smallest absolute Gasteiger partial charge is 0.156 e. The summed E-state index contributed by atoms with van der Waals surface area (Å²) in [6.07, 6.45) is 0. The lowest BCUT2D eigenvalue weighted by atomic mass is 9.99. The highest BCUT2D eigenvalue weighted by atomic mass is 79.9. The Bertz CT molecular complexity index is 663. The minimum Gasteiger partial charge on any atom is -0.493 e. The molecular weight excluding hydrogens is 354 g/mol. The van der Waals surface area contributed by atoms with Gasteiger partial charge in [-0.1, -0.05) is 35.9 Å². The highest BCUT2D eigenvalue weighted by Gasteiger charge is 2.22. The van der Waals surface area contributed by atoms with Crippen LogP contribution in [0.25, 0.3) is 0 Å². The average Bonchev–Trinajstić information content (AvgIpc) is 2.47. The number of hydrogen-bond acceptors (Lipinski definition) is 3. The van der Waals surface area contributed by atoms with E-state index in [4.69, 9.17) is 21.1 Å². The maximum absolute atomic E-state index is 6.14. The first kappa shape index (κ1) is 14.7. The zero-order valence-corrected chi connectivity index (χ0v) is 13.9. The van der Waals surface area contributed by atoms with E-state index >= 15 is 0 Å². The van der Waals surface area contributed by atoms with Gasteiger partial charge in [0.25, 0.3) is 0 Å². The van der Waals surface area contributed by atoms with Gasteiger partial charge in [0.2, 0.25) is 0 Å². The van der Waals surface area contributed by atoms with Crippen LogP contribution in [0, 0.1) is 0 Å². The van der Waals surface area contributed by atoms with Crippen LogP contribution < -0.4 is 10.1 Å². The largest absolute Gasteiger partial charge is 0.493 e. The van der Waals surface area contributed by atoms with E-state index < -0.39 is 0 Å². The third kappa shape index (κ3) is 3.03. The number of benzene rings is 2. The van der Waals surface area contributed by atoms with Crippen LogP contribution in [0.3, 0.4) is 0 Å². The fourth-order valence-electron chi connectivity index (χ4n) is 2.56. The molecule has 0 fully saturated rings. The van der Waals surface area contributed by atoms with Gasteiger partial charge in [0.1, 0.15) is 0 Å². The minimum atomic E-state index is 0.0780. The van der Waals surface area contributed by atoms with Crippen LogP contribution in [0.5, 0.6) is 5.75 Å². The number of anilines is 1. The van der Waals surface area contributed by atoms with E-state index in [1.165, 1.54) is 11.1 Å². The van der Waals surface area contributed by atoms with Crippen molar-refractivity contribution in [3.8, 4) is 5.75 Å². The normalized spacial score (nSPS) is 17.2. The Morgan fingerprint density at radius 2 is 2.14 bits per heavy atom. The maximum Gasteiger partial charge on any atom is 0.156 e. The molecule has 2 aromatic carbocycles. The van der Waals surface area contributed by atoms with Crippen molar-refractivity contribution >= 4 is 33.2 Å². The Morgan fingerprint density at radius 1 is 1.33 bits per heavy atom. The van der Waals surface area contributed by atoms with Gasteiger partial charge in [-0.05, 0) is 39.2 Å². The van der Waals surface area contributed by atoms with E-state index in [2.05, 4.69) is 33.4 Å². The lowest BCUT2D eigenvalue weighted by molar-refractivity contribution is 0.0969. The van der Waals surface area contributed by atoms with Crippen molar-refractivity contribution in [1.82, 2.24) is 0 Å². The minimum absolute atomic E-state index is 0.0780. The van der Waals surface area contributed by atoms with Crippen molar-refractivity contribution in [1.29, 1.82) is 0 Å². The zero-order chi connectivity index (χ0) is 14.8. The highest BCUT2D eigenvalue weighted by Crippen LogP contribution is 2.39. The van der Waals surface area contributed by atoms with Crippen molar-refractivity contribution in [2.75, 3.05) is 19.0 Å². The van der Waals surface area contributed by atoms with Gasteiger partial charge in [0.05, 0.1) is 36.5 Å². The van der Waals surface area contributed by atoms with Gasteiger partial charge in [-0.25, -0.2) is 0 Å². The van der Waals surface area contributed by atoms with E-state index in [0.717, 1.165) is 15.9 Å². The standard InChI is InChI=1S/C16H15BrClNO2/c1-20-16-13(17)6-11(18)7-14(16)19-15-9-21-8-10-4-2-3-5-12(10)15/h2-7,15,19H,8-9H2,1H3. The lowest BCUT2D eigenvalue weighted by Gasteiger charge is -2.28. The number of rotatable bonds is 3. The van der Waals surface area contributed by atoms with E-state index in [0.29, 0.717) is 18.2 Å². The topological polar surface area (TPSA) is 30.5 Å². The summed E-state index contributed by atoms with van der Waals surface area (Å²) in [5, 5.41) is 4.12. The molecule has 110 valence electrons. The molecule has 21 heavy (non-hydrogen) atoms. The molecule has 0 saturated heterocycles. The third-order valence-corrected chi connectivity index (χ3v) is 4.32. The Hall–Kier alpha value is -1.23. The van der Waals surface area contributed by atoms with E-state index in [1.54, 1.807) is 7.11 Å². The zero-order valence-electron chi connectivity index (χ0n) is 11.5. The SMILES string of the molecule is COc1c(Br)cc(Cl)cc1NC1COCc2ccccc21. The van der Waals surface area contributed by atoms with E-state index in [1.807, 2.05) is 24.3 Å². The lowest BCUT2D eigenvalue weighted by Crippen LogP contribution is -2.23. The van der Waals surface area contributed by atoms with Crippen LogP contribution in [0.2, 0.25) is 5.02 Å². The van der Waals surface area contributed by atoms with Crippen molar-refractivity contribution in [2.45, 2.75) is 12.6 Å². The Balaban J connectivity index is 1.95. The summed E-state index contributed by atoms with van der Waals surface area (Å²) >= 11 is 9.61. The third-order valence-electron chi connectivity index (χ3n) is 3.51. The molecule has 0 radical (unpaired) electrons. The molecule has 2 aromatic rings. The van der Waals surface area contributed by atoms with E-state index in [-0.39, 0.29) is 6.04 Å². The Morgan fingerprint density at radius 3 is 2.95 bits per heavy atom. The van der Waals surface area contributed by atoms with Crippen molar-refractivity contribution in [3.05, 3.63) is 57.0 Å². The second-order valence-electron chi connectivity index (χ2n) is 4.88. The van der Waals surface area contributed by atoms with Gasteiger partial charge in [-0.3, -0.25) is 0 Å². The first-order valence-electron chi connectivity index (χ1n) is 6.64. The maximum atomic E-state index is 6.14. The molecule has 0 aliphatic carbocycles. The van der Waals surface area contributed by atoms with Crippen LogP contribution in [-0.2, 0) is 11.3 Å². The summed E-state index contributed by atoms with van der Waals surface area (Å²) in [6, 6.07) is 12.1. The van der Waals surface area contributed by atoms with E-state index in [9.17, 15) is 0 Å². The number of nitrogens with one attached hydrogen (secondary N) is 1. The highest BCUT2D eigenvalue weighted by molar-refractivity contribution is 9.10. The molecule has 3 nitrogen and oxygen atoms in total. The molecule has 5 heteroatoms. The quantitative estimate of drug-likeness (QED) is 0.844. The monoisotopic (exact) mass is 367 g/mol. The second-order valence-corrected chi connectivity index (χ2v) is 6.17. The second kappa shape index (κ2) is 6.26. The Kier molecular flexibility index (Phi) is 4.38. The molecule has 1 heterocycles. The van der Waals surface area contributed by atoms with Gasteiger partial charge in [-0.15, -0.1) is 0 Å². The van der Waals surface area contributed by atoms with Gasteiger partial charge in [-0.2, -0.15) is 0 Å². The number of hydrogen-bond donors (Lipinski definition) is 1. The van der Waals surface area contributed by atoms with Crippen LogP contribution in [-0.4, -0.2) is 13.7 Å². The summed E-state index contributed by atoms with van der Waals surface area (Å²) in [5.74, 6) is 0.738. The molecule has 0 bridgehead atoms. The summed E-state index contributed by atoms with van der Waals surface area (Å²) in [4.78, 5) is 0. The number of methoxy groups -OCH3 is 1. The van der Waals surface area contributed by atoms with Gasteiger partial charge in [0.15, 0.2) is 5.75 Å². The number of ether oxygens (including phenoxy) is 2. The average molecular weight is 369 g/mol. The van der Waals surface area contributed by atoms with Crippen molar-refractivity contribution in [2.24, 2.45) is 0 Å². The molecule has 1 atom stereocenters. The van der Waals surface area contributed by atoms with Crippen LogP contribution in [0.15, 0.2) is 40.9 Å². The molecule has 1 N–H and O–H groups in total. The molecule has 1 aliphatic rings. The van der Waals surface area contributed by atoms with Crippen molar-refractivity contribution in [3.63, 3.8) is 0 Å². The number of halogens is 2. The first-order chi connectivity index (χ1) is 10.2. The molecular formula is C16H15BrClNO2. The van der Waals surface area contributed by atoms with Gasteiger partial charge >= 0.3 is 0 Å². The predicted octanol–water partition coefficient (Wildman–Crippen LogP) is 4.79. The first-order valence-corrected chi connectivity index (χ1v) is 7.81. The molecule has 0 amide bonds. The summed E-state index contributed by atoms with van der Waals surface area (Å²) < 4.78 is 11.9. The summed E-state index contributed by atoms with van der Waals surface area (Å²) in [6.45, 7) is 1.27. The predicted molar refractivity (Wildman–Crippen MR) is 88.2 cm³/mol. The molecule has 0 aromatic heterocycles. The van der Waals surface area contributed by atoms with Gasteiger partial charge in [0, 0.05) is 5.02 Å².